The zero-order valence-electron chi connectivity index (χ0n) is 8.14. The van der Waals surface area contributed by atoms with E-state index in [2.05, 4.69) is 9.72 Å². The number of pyridine rings is 1. The van der Waals surface area contributed by atoms with Crippen molar-refractivity contribution in [3.05, 3.63) is 29.3 Å². The second-order valence-corrected chi connectivity index (χ2v) is 2.89. The fourth-order valence-electron chi connectivity index (χ4n) is 1.08. The van der Waals surface area contributed by atoms with E-state index in [0.29, 0.717) is 0 Å². The lowest BCUT2D eigenvalue weighted by Crippen LogP contribution is -2.16. The van der Waals surface area contributed by atoms with Crippen LogP contribution in [0.15, 0.2) is 12.1 Å². The van der Waals surface area contributed by atoms with E-state index in [1.54, 1.807) is 0 Å². The maximum atomic E-state index is 12.6. The van der Waals surface area contributed by atoms with Crippen molar-refractivity contribution < 1.29 is 27.1 Å². The molecule has 1 aromatic heterocycles. The molecule has 0 aromatic carbocycles. The van der Waals surface area contributed by atoms with Crippen LogP contribution < -0.4 is 0 Å². The number of hydrogen-bond donors (Lipinski definition) is 0. The normalized spacial score (nSPS) is 11.3. The summed E-state index contributed by atoms with van der Waals surface area (Å²) >= 11 is 0. The van der Waals surface area contributed by atoms with Crippen molar-refractivity contribution in [2.75, 3.05) is 7.11 Å². The molecule has 0 aliphatic heterocycles. The van der Waals surface area contributed by atoms with Crippen LogP contribution in [0.2, 0.25) is 0 Å². The van der Waals surface area contributed by atoms with Gasteiger partial charge in [-0.05, 0) is 11.6 Å². The summed E-state index contributed by atoms with van der Waals surface area (Å²) in [7, 11) is 1.05. The summed E-state index contributed by atoms with van der Waals surface area (Å²) < 4.78 is 54.0. The highest BCUT2D eigenvalue weighted by atomic mass is 19.4. The van der Waals surface area contributed by atoms with Gasteiger partial charge in [0.1, 0.15) is 0 Å². The number of halogens is 4. The van der Waals surface area contributed by atoms with Gasteiger partial charge in [0.25, 0.3) is 0 Å². The van der Waals surface area contributed by atoms with Crippen molar-refractivity contribution in [1.82, 2.24) is 4.98 Å². The highest BCUT2D eigenvalue weighted by Gasteiger charge is 2.36. The third-order valence-corrected chi connectivity index (χ3v) is 1.78. The number of ether oxygens (including phenoxy) is 1. The van der Waals surface area contributed by atoms with E-state index in [1.807, 2.05) is 0 Å². The molecule has 0 radical (unpaired) electrons. The molecular formula is C9H7F4NO2. The Morgan fingerprint density at radius 2 is 2.06 bits per heavy atom. The first-order valence-electron chi connectivity index (χ1n) is 4.14. The number of carbonyl (C=O) groups excluding carboxylic acids is 1. The number of alkyl halides is 3. The van der Waals surface area contributed by atoms with E-state index in [0.717, 1.165) is 19.2 Å². The summed E-state index contributed by atoms with van der Waals surface area (Å²) in [6, 6.07) is 1.62. The molecule has 16 heavy (non-hydrogen) atoms. The number of carbonyl (C=O) groups is 1. The van der Waals surface area contributed by atoms with Crippen LogP contribution in [0.1, 0.15) is 11.3 Å². The van der Waals surface area contributed by atoms with Gasteiger partial charge in [-0.1, -0.05) is 6.07 Å². The Morgan fingerprint density at radius 3 is 2.56 bits per heavy atom. The number of aromatic nitrogens is 1. The smallest absolute Gasteiger partial charge is 0.433 e. The van der Waals surface area contributed by atoms with Gasteiger partial charge in [0.15, 0.2) is 5.69 Å². The summed E-state index contributed by atoms with van der Waals surface area (Å²) in [6.45, 7) is 0. The maximum Gasteiger partial charge on any atom is 0.433 e. The van der Waals surface area contributed by atoms with Crippen LogP contribution >= 0.6 is 0 Å². The summed E-state index contributed by atoms with van der Waals surface area (Å²) in [5.74, 6) is -2.10. The lowest BCUT2D eigenvalue weighted by atomic mass is 10.1. The molecule has 3 nitrogen and oxygen atoms in total. The van der Waals surface area contributed by atoms with Gasteiger partial charge in [0.2, 0.25) is 5.95 Å². The predicted molar refractivity (Wildman–Crippen MR) is 44.9 cm³/mol. The van der Waals surface area contributed by atoms with Crippen molar-refractivity contribution in [1.29, 1.82) is 0 Å². The van der Waals surface area contributed by atoms with Crippen LogP contribution in [-0.2, 0) is 22.1 Å². The average Bonchev–Trinajstić information content (AvgIpc) is 2.19. The number of nitrogens with zero attached hydrogens (tertiary/aromatic N) is 1. The minimum Gasteiger partial charge on any atom is -0.469 e. The predicted octanol–water partition coefficient (Wildman–Crippen LogP) is 1.95. The van der Waals surface area contributed by atoms with E-state index < -0.39 is 35.8 Å². The summed E-state index contributed by atoms with van der Waals surface area (Å²) in [6.07, 6.45) is -5.40. The first kappa shape index (κ1) is 12.4. The van der Waals surface area contributed by atoms with E-state index in [-0.39, 0.29) is 0 Å². The van der Waals surface area contributed by atoms with Gasteiger partial charge in [0, 0.05) is 0 Å². The largest absolute Gasteiger partial charge is 0.469 e. The van der Waals surface area contributed by atoms with Gasteiger partial charge in [-0.2, -0.15) is 17.6 Å². The number of rotatable bonds is 2. The first-order valence-corrected chi connectivity index (χ1v) is 4.14. The Balaban J connectivity index is 3.13. The second-order valence-electron chi connectivity index (χ2n) is 2.89. The molecule has 0 saturated carbocycles. The zero-order valence-corrected chi connectivity index (χ0v) is 8.14. The minimum absolute atomic E-state index is 0.416. The molecule has 0 bridgehead atoms. The quantitative estimate of drug-likeness (QED) is 0.448. The average molecular weight is 237 g/mol. The van der Waals surface area contributed by atoms with E-state index >= 15 is 0 Å². The van der Waals surface area contributed by atoms with Crippen LogP contribution in [0.3, 0.4) is 0 Å². The Hall–Kier alpha value is -1.66. The monoisotopic (exact) mass is 237 g/mol. The van der Waals surface area contributed by atoms with E-state index in [9.17, 15) is 22.4 Å². The van der Waals surface area contributed by atoms with Crippen LogP contribution in [0.5, 0.6) is 0 Å². The Bertz CT molecular complexity index is 403. The van der Waals surface area contributed by atoms with Gasteiger partial charge in [-0.15, -0.1) is 0 Å². The van der Waals surface area contributed by atoms with Crippen molar-refractivity contribution in [3.8, 4) is 0 Å². The van der Waals surface area contributed by atoms with E-state index in [1.165, 1.54) is 0 Å². The SMILES string of the molecule is COC(=O)Cc1ccc(F)nc1C(F)(F)F. The fourth-order valence-corrected chi connectivity index (χ4v) is 1.08. The molecule has 0 saturated heterocycles. The van der Waals surface area contributed by atoms with Crippen molar-refractivity contribution in [3.63, 3.8) is 0 Å². The Labute approximate surface area is 88.0 Å². The lowest BCUT2D eigenvalue weighted by Gasteiger charge is -2.10. The minimum atomic E-state index is -4.80. The highest BCUT2D eigenvalue weighted by Crippen LogP contribution is 2.30. The molecule has 1 rings (SSSR count). The Morgan fingerprint density at radius 1 is 1.44 bits per heavy atom. The van der Waals surface area contributed by atoms with Gasteiger partial charge < -0.3 is 4.74 Å². The highest BCUT2D eigenvalue weighted by molar-refractivity contribution is 5.72. The third-order valence-electron chi connectivity index (χ3n) is 1.78. The molecule has 0 aliphatic carbocycles. The standard InChI is InChI=1S/C9H7F4NO2/c1-16-7(15)4-5-2-3-6(10)14-8(5)9(11,12)13/h2-3H,4H2,1H3. The third kappa shape index (κ3) is 2.91. The lowest BCUT2D eigenvalue weighted by molar-refractivity contribution is -0.143. The van der Waals surface area contributed by atoms with Gasteiger partial charge in [-0.25, -0.2) is 4.98 Å². The first-order chi connectivity index (χ1) is 7.34. The fraction of sp³-hybridized carbons (Fsp3) is 0.333. The topological polar surface area (TPSA) is 39.2 Å². The van der Waals surface area contributed by atoms with Crippen LogP contribution in [-0.4, -0.2) is 18.1 Å². The maximum absolute atomic E-state index is 12.6. The summed E-state index contributed by atoms with van der Waals surface area (Å²) in [4.78, 5) is 13.6. The molecule has 0 aliphatic rings. The van der Waals surface area contributed by atoms with Crippen LogP contribution in [0, 0.1) is 5.95 Å². The number of methoxy groups -OCH3 is 1. The van der Waals surface area contributed by atoms with Crippen LogP contribution in [0.4, 0.5) is 17.6 Å². The van der Waals surface area contributed by atoms with E-state index in [4.69, 9.17) is 0 Å². The van der Waals surface area contributed by atoms with Crippen molar-refractivity contribution >= 4 is 5.97 Å². The molecule has 1 aromatic rings. The molecule has 1 heterocycles. The molecule has 88 valence electrons. The molecule has 0 atom stereocenters. The Kier molecular flexibility index (Phi) is 3.46. The molecule has 0 fully saturated rings. The summed E-state index contributed by atoms with van der Waals surface area (Å²) in [5.41, 5.74) is -1.82. The van der Waals surface area contributed by atoms with Crippen molar-refractivity contribution in [2.24, 2.45) is 0 Å². The summed E-state index contributed by atoms with van der Waals surface area (Å²) in [5, 5.41) is 0. The zero-order chi connectivity index (χ0) is 12.3. The van der Waals surface area contributed by atoms with Gasteiger partial charge in [-0.3, -0.25) is 4.79 Å². The molecule has 0 N–H and O–H groups in total. The molecule has 7 heteroatoms. The number of esters is 1. The molecule has 0 unspecified atom stereocenters. The number of hydrogen-bond acceptors (Lipinski definition) is 3. The molecule has 0 spiro atoms. The van der Waals surface area contributed by atoms with Gasteiger partial charge in [0.05, 0.1) is 13.5 Å². The molecule has 0 amide bonds. The second kappa shape index (κ2) is 4.46. The molecular weight excluding hydrogens is 230 g/mol. The van der Waals surface area contributed by atoms with Crippen molar-refractivity contribution in [2.45, 2.75) is 12.6 Å². The van der Waals surface area contributed by atoms with Gasteiger partial charge >= 0.3 is 12.1 Å². The van der Waals surface area contributed by atoms with Crippen LogP contribution in [0.25, 0.3) is 0 Å².